The fraction of sp³-hybridized carbons (Fsp3) is 0.167. The molecule has 0 bridgehead atoms. The third kappa shape index (κ3) is 2.98. The van der Waals surface area contributed by atoms with E-state index < -0.39 is 8.32 Å². The van der Waals surface area contributed by atoms with E-state index in [-0.39, 0.29) is 5.04 Å². The predicted molar refractivity (Wildman–Crippen MR) is 116 cm³/mol. The van der Waals surface area contributed by atoms with Gasteiger partial charge in [0.1, 0.15) is 0 Å². The lowest BCUT2D eigenvalue weighted by atomic mass is 10.2. The standard InChI is InChI=1S/C24H25NOSi/c1-24(2,3)27(21-13-6-4-7-14-21,22-15-8-5-9-16-22)26-25-19-18-20-12-10-11-17-23(20)25/h4-19H,1-3H3. The maximum Gasteiger partial charge on any atom is 0.352 e. The van der Waals surface area contributed by atoms with Crippen LogP contribution in [0.1, 0.15) is 20.8 Å². The van der Waals surface area contributed by atoms with Crippen LogP contribution in [0.3, 0.4) is 0 Å². The highest BCUT2D eigenvalue weighted by Crippen LogP contribution is 2.35. The van der Waals surface area contributed by atoms with E-state index in [0.29, 0.717) is 0 Å². The first-order valence-electron chi connectivity index (χ1n) is 9.39. The molecule has 2 nitrogen and oxygen atoms in total. The van der Waals surface area contributed by atoms with E-state index in [1.54, 1.807) is 0 Å². The van der Waals surface area contributed by atoms with Crippen LogP contribution >= 0.6 is 0 Å². The Kier molecular flexibility index (Phi) is 4.40. The van der Waals surface area contributed by atoms with Crippen LogP contribution in [0.2, 0.25) is 5.04 Å². The molecule has 3 aromatic carbocycles. The second kappa shape index (κ2) is 6.75. The van der Waals surface area contributed by atoms with Gasteiger partial charge in [-0.3, -0.25) is 0 Å². The summed E-state index contributed by atoms with van der Waals surface area (Å²) in [6.07, 6.45) is 2.05. The van der Waals surface area contributed by atoms with E-state index >= 15 is 0 Å². The molecule has 0 aliphatic heterocycles. The second-order valence-corrected chi connectivity index (χ2v) is 12.2. The number of nitrogens with zero attached hydrogens (tertiary/aromatic N) is 1. The summed E-state index contributed by atoms with van der Waals surface area (Å²) in [4.78, 5) is 0. The van der Waals surface area contributed by atoms with Crippen molar-refractivity contribution >= 4 is 29.6 Å². The minimum atomic E-state index is -2.61. The number of rotatable bonds is 4. The van der Waals surface area contributed by atoms with Crippen molar-refractivity contribution in [3.8, 4) is 0 Å². The van der Waals surface area contributed by atoms with Crippen molar-refractivity contribution in [2.45, 2.75) is 25.8 Å². The van der Waals surface area contributed by atoms with E-state index in [2.05, 4.69) is 112 Å². The van der Waals surface area contributed by atoms with Crippen LogP contribution in [-0.2, 0) is 0 Å². The second-order valence-electron chi connectivity index (χ2n) is 7.95. The third-order valence-electron chi connectivity index (χ3n) is 5.22. The molecule has 0 N–H and O–H groups in total. The molecule has 136 valence electrons. The van der Waals surface area contributed by atoms with Gasteiger partial charge in [0.15, 0.2) is 0 Å². The van der Waals surface area contributed by atoms with Crippen molar-refractivity contribution in [2.24, 2.45) is 0 Å². The lowest BCUT2D eigenvalue weighted by Crippen LogP contribution is -2.70. The lowest BCUT2D eigenvalue weighted by molar-refractivity contribution is 0.272. The van der Waals surface area contributed by atoms with Gasteiger partial charge in [-0.15, -0.1) is 0 Å². The van der Waals surface area contributed by atoms with E-state index in [4.69, 9.17) is 4.53 Å². The van der Waals surface area contributed by atoms with E-state index in [1.165, 1.54) is 15.8 Å². The number of aromatic nitrogens is 1. The van der Waals surface area contributed by atoms with Crippen LogP contribution in [-0.4, -0.2) is 13.0 Å². The quantitative estimate of drug-likeness (QED) is 0.477. The van der Waals surface area contributed by atoms with Gasteiger partial charge in [0, 0.05) is 16.6 Å². The summed E-state index contributed by atoms with van der Waals surface area (Å²) in [5.41, 5.74) is 1.10. The molecule has 0 atom stereocenters. The Balaban J connectivity index is 1.98. The van der Waals surface area contributed by atoms with Crippen molar-refractivity contribution in [3.05, 3.63) is 97.2 Å². The summed E-state index contributed by atoms with van der Waals surface area (Å²) >= 11 is 0. The molecule has 0 radical (unpaired) electrons. The molecule has 4 aromatic rings. The molecule has 0 saturated heterocycles. The Hall–Kier alpha value is -2.78. The fourth-order valence-corrected chi connectivity index (χ4v) is 8.23. The van der Waals surface area contributed by atoms with Crippen LogP contribution in [0.25, 0.3) is 10.9 Å². The smallest absolute Gasteiger partial charge is 0.352 e. The molecular formula is C24H25NOSi. The van der Waals surface area contributed by atoms with Crippen LogP contribution in [0.5, 0.6) is 0 Å². The van der Waals surface area contributed by atoms with Gasteiger partial charge in [-0.05, 0) is 22.5 Å². The van der Waals surface area contributed by atoms with Gasteiger partial charge >= 0.3 is 8.32 Å². The predicted octanol–water partition coefficient (Wildman–Crippen LogP) is 4.63. The van der Waals surface area contributed by atoms with Crippen molar-refractivity contribution in [2.75, 3.05) is 0 Å². The number of hydrogen-bond acceptors (Lipinski definition) is 1. The lowest BCUT2D eigenvalue weighted by Gasteiger charge is -2.42. The van der Waals surface area contributed by atoms with Crippen LogP contribution in [0, 0.1) is 0 Å². The van der Waals surface area contributed by atoms with E-state index in [1.807, 2.05) is 10.9 Å². The first-order chi connectivity index (χ1) is 13.0. The minimum Gasteiger partial charge on any atom is -0.458 e. The molecule has 3 heteroatoms. The Morgan fingerprint density at radius 1 is 0.667 bits per heavy atom. The van der Waals surface area contributed by atoms with Crippen molar-refractivity contribution in [1.29, 1.82) is 0 Å². The minimum absolute atomic E-state index is 0.0545. The monoisotopic (exact) mass is 371 g/mol. The maximum atomic E-state index is 7.05. The highest BCUT2D eigenvalue weighted by atomic mass is 28.4. The molecule has 4 rings (SSSR count). The average Bonchev–Trinajstić information content (AvgIpc) is 3.09. The number of hydrogen-bond donors (Lipinski definition) is 0. The molecule has 0 aliphatic carbocycles. The normalized spacial score (nSPS) is 12.3. The average molecular weight is 372 g/mol. The van der Waals surface area contributed by atoms with Gasteiger partial charge in [-0.25, -0.2) is 4.73 Å². The molecular weight excluding hydrogens is 346 g/mol. The van der Waals surface area contributed by atoms with Crippen LogP contribution < -0.4 is 14.9 Å². The molecule has 0 spiro atoms. The first kappa shape index (κ1) is 17.6. The summed E-state index contributed by atoms with van der Waals surface area (Å²) in [7, 11) is -2.61. The summed E-state index contributed by atoms with van der Waals surface area (Å²) in [6.45, 7) is 6.89. The molecule has 1 aromatic heterocycles. The van der Waals surface area contributed by atoms with Crippen LogP contribution in [0.4, 0.5) is 0 Å². The zero-order chi connectivity index (χ0) is 18.9. The van der Waals surface area contributed by atoms with Gasteiger partial charge in [0.2, 0.25) is 0 Å². The highest BCUT2D eigenvalue weighted by Gasteiger charge is 2.53. The van der Waals surface area contributed by atoms with Crippen molar-refractivity contribution < 1.29 is 4.53 Å². The molecule has 1 heterocycles. The molecule has 0 unspecified atom stereocenters. The molecule has 0 aliphatic rings. The van der Waals surface area contributed by atoms with Gasteiger partial charge in [-0.1, -0.05) is 99.6 Å². The molecule has 0 amide bonds. The highest BCUT2D eigenvalue weighted by molar-refractivity contribution is 6.99. The molecule has 27 heavy (non-hydrogen) atoms. The SMILES string of the molecule is CC(C)(C)[Si](On1ccc2ccccc21)(c1ccccc1)c1ccccc1. The summed E-state index contributed by atoms with van der Waals surface area (Å²) in [5.74, 6) is 0. The van der Waals surface area contributed by atoms with Crippen molar-refractivity contribution in [3.63, 3.8) is 0 Å². The Morgan fingerprint density at radius 2 is 1.19 bits per heavy atom. The Bertz CT molecular complexity index is 993. The van der Waals surface area contributed by atoms with Gasteiger partial charge < -0.3 is 4.53 Å². The number of fused-ring (bicyclic) bond motifs is 1. The number of para-hydroxylation sites is 1. The van der Waals surface area contributed by atoms with Gasteiger partial charge in [0.25, 0.3) is 0 Å². The number of benzene rings is 3. The van der Waals surface area contributed by atoms with Crippen LogP contribution in [0.15, 0.2) is 97.2 Å². The Labute approximate surface area is 162 Å². The maximum absolute atomic E-state index is 7.05. The van der Waals surface area contributed by atoms with Gasteiger partial charge in [-0.2, -0.15) is 0 Å². The zero-order valence-electron chi connectivity index (χ0n) is 16.1. The summed E-state index contributed by atoms with van der Waals surface area (Å²) < 4.78 is 9.03. The fourth-order valence-electron chi connectivity index (χ4n) is 3.91. The van der Waals surface area contributed by atoms with Crippen molar-refractivity contribution in [1.82, 2.24) is 4.73 Å². The summed E-state index contributed by atoms with van der Waals surface area (Å²) in [5, 5.41) is 3.69. The Morgan fingerprint density at radius 3 is 1.74 bits per heavy atom. The molecule has 0 fully saturated rings. The third-order valence-corrected chi connectivity index (χ3v) is 10.1. The first-order valence-corrected chi connectivity index (χ1v) is 11.3. The van der Waals surface area contributed by atoms with E-state index in [0.717, 1.165) is 5.52 Å². The largest absolute Gasteiger partial charge is 0.458 e. The van der Waals surface area contributed by atoms with Gasteiger partial charge in [0.05, 0.1) is 5.52 Å². The topological polar surface area (TPSA) is 14.2 Å². The van der Waals surface area contributed by atoms with E-state index in [9.17, 15) is 0 Å². The zero-order valence-corrected chi connectivity index (χ0v) is 17.1. The summed E-state index contributed by atoms with van der Waals surface area (Å²) in [6, 6.07) is 32.0. The molecule has 0 saturated carbocycles.